The minimum absolute atomic E-state index is 0.0275. The van der Waals surface area contributed by atoms with E-state index in [-0.39, 0.29) is 23.4 Å². The van der Waals surface area contributed by atoms with Gasteiger partial charge in [0.2, 0.25) is 0 Å². The molecule has 2 amide bonds. The summed E-state index contributed by atoms with van der Waals surface area (Å²) in [5.41, 5.74) is 0.0591. The van der Waals surface area contributed by atoms with Gasteiger partial charge in [-0.25, -0.2) is 14.2 Å². The maximum atomic E-state index is 13.6. The Morgan fingerprint density at radius 1 is 1.32 bits per heavy atom. The summed E-state index contributed by atoms with van der Waals surface area (Å²) >= 11 is 0. The summed E-state index contributed by atoms with van der Waals surface area (Å²) in [6.07, 6.45) is 1.88. The minimum Gasteiger partial charge on any atom is -0.365 e. The molecule has 1 atom stereocenters. The summed E-state index contributed by atoms with van der Waals surface area (Å²) in [5.74, 6) is 0.0202. The molecule has 0 unspecified atom stereocenters. The fraction of sp³-hybridized carbons (Fsp3) is 0.250. The number of urea groups is 1. The van der Waals surface area contributed by atoms with E-state index in [1.54, 1.807) is 17.0 Å². The zero-order valence-electron chi connectivity index (χ0n) is 13.2. The molecule has 130 valence electrons. The smallest absolute Gasteiger partial charge is 0.321 e. The number of aromatic nitrogens is 1. The number of nitro groups is 1. The molecule has 0 bridgehead atoms. The summed E-state index contributed by atoms with van der Waals surface area (Å²) in [5, 5.41) is 16.3. The number of carbonyl (C=O) groups is 1. The van der Waals surface area contributed by atoms with E-state index in [1.165, 1.54) is 30.5 Å². The van der Waals surface area contributed by atoms with Gasteiger partial charge in [0.25, 0.3) is 5.69 Å². The fourth-order valence-electron chi connectivity index (χ4n) is 2.61. The van der Waals surface area contributed by atoms with E-state index in [0.717, 1.165) is 0 Å². The van der Waals surface area contributed by atoms with Crippen molar-refractivity contribution in [2.75, 3.05) is 23.7 Å². The first kappa shape index (κ1) is 16.6. The summed E-state index contributed by atoms with van der Waals surface area (Å²) in [6, 6.07) is 8.48. The number of pyridine rings is 1. The third-order valence-corrected chi connectivity index (χ3v) is 3.90. The predicted octanol–water partition coefficient (Wildman–Crippen LogP) is 2.85. The first-order chi connectivity index (χ1) is 12.0. The lowest BCUT2D eigenvalue weighted by atomic mass is 10.2. The molecule has 1 aliphatic heterocycles. The van der Waals surface area contributed by atoms with E-state index in [4.69, 9.17) is 0 Å². The molecule has 1 aromatic heterocycles. The molecule has 3 rings (SSSR count). The highest BCUT2D eigenvalue weighted by Crippen LogP contribution is 2.19. The Hall–Kier alpha value is -3.23. The first-order valence-corrected chi connectivity index (χ1v) is 7.70. The number of nitrogens with zero attached hydrogens (tertiary/aromatic N) is 3. The Bertz CT molecular complexity index is 784. The molecule has 0 saturated carbocycles. The van der Waals surface area contributed by atoms with Crippen molar-refractivity contribution < 1.29 is 14.1 Å². The molecule has 2 aromatic rings. The van der Waals surface area contributed by atoms with Crippen molar-refractivity contribution in [1.82, 2.24) is 9.88 Å². The van der Waals surface area contributed by atoms with Crippen LogP contribution in [-0.4, -0.2) is 40.0 Å². The van der Waals surface area contributed by atoms with Crippen LogP contribution in [0.25, 0.3) is 0 Å². The van der Waals surface area contributed by atoms with Crippen molar-refractivity contribution in [2.24, 2.45) is 0 Å². The highest BCUT2D eigenvalue weighted by Gasteiger charge is 2.27. The van der Waals surface area contributed by atoms with Crippen LogP contribution in [-0.2, 0) is 0 Å². The molecule has 1 aliphatic rings. The standard InChI is InChI=1S/C16H16FN5O3/c17-13-3-1-2-4-14(13)20-16(23)21-8-7-11(10-21)19-15-6-5-12(9-18-15)22(24)25/h1-6,9,11H,7-8,10H2,(H,18,19)(H,20,23)/t11-/m1/s1. The van der Waals surface area contributed by atoms with Gasteiger partial charge in [0.15, 0.2) is 0 Å². The lowest BCUT2D eigenvalue weighted by molar-refractivity contribution is -0.385. The monoisotopic (exact) mass is 345 g/mol. The molecule has 1 aromatic carbocycles. The lowest BCUT2D eigenvalue weighted by Gasteiger charge is -2.18. The number of hydrogen-bond acceptors (Lipinski definition) is 5. The molecule has 1 fully saturated rings. The number of nitrogens with one attached hydrogen (secondary N) is 2. The van der Waals surface area contributed by atoms with Crippen LogP contribution in [0.3, 0.4) is 0 Å². The van der Waals surface area contributed by atoms with Gasteiger partial charge < -0.3 is 15.5 Å². The van der Waals surface area contributed by atoms with Gasteiger partial charge in [-0.2, -0.15) is 0 Å². The van der Waals surface area contributed by atoms with Crippen molar-refractivity contribution in [3.8, 4) is 0 Å². The molecule has 1 saturated heterocycles. The van der Waals surface area contributed by atoms with Gasteiger partial charge >= 0.3 is 6.03 Å². The van der Waals surface area contributed by atoms with Crippen LogP contribution in [0.1, 0.15) is 6.42 Å². The second kappa shape index (κ2) is 7.12. The van der Waals surface area contributed by atoms with Gasteiger partial charge in [-0.1, -0.05) is 12.1 Å². The number of para-hydroxylation sites is 1. The fourth-order valence-corrected chi connectivity index (χ4v) is 2.61. The third kappa shape index (κ3) is 4.00. The topological polar surface area (TPSA) is 100 Å². The Balaban J connectivity index is 1.55. The first-order valence-electron chi connectivity index (χ1n) is 7.70. The summed E-state index contributed by atoms with van der Waals surface area (Å²) in [6.45, 7) is 0.948. The molecule has 25 heavy (non-hydrogen) atoms. The van der Waals surface area contributed by atoms with Crippen molar-refractivity contribution in [1.29, 1.82) is 0 Å². The minimum atomic E-state index is -0.513. The molecule has 9 heteroatoms. The van der Waals surface area contributed by atoms with Gasteiger partial charge in [-0.15, -0.1) is 0 Å². The average molecular weight is 345 g/mol. The third-order valence-electron chi connectivity index (χ3n) is 3.90. The van der Waals surface area contributed by atoms with E-state index in [2.05, 4.69) is 15.6 Å². The molecule has 0 radical (unpaired) electrons. The number of halogens is 1. The van der Waals surface area contributed by atoms with Crippen molar-refractivity contribution in [3.05, 3.63) is 58.5 Å². The van der Waals surface area contributed by atoms with Crippen LogP contribution < -0.4 is 10.6 Å². The van der Waals surface area contributed by atoms with Gasteiger partial charge in [0.05, 0.1) is 10.6 Å². The van der Waals surface area contributed by atoms with Crippen LogP contribution in [0.15, 0.2) is 42.6 Å². The number of rotatable bonds is 4. The molecule has 0 aliphatic carbocycles. The summed E-state index contributed by atoms with van der Waals surface area (Å²) in [4.78, 5) is 27.9. The Morgan fingerprint density at radius 2 is 2.12 bits per heavy atom. The maximum absolute atomic E-state index is 13.6. The number of likely N-dealkylation sites (tertiary alicyclic amines) is 1. The van der Waals surface area contributed by atoms with E-state index >= 15 is 0 Å². The van der Waals surface area contributed by atoms with E-state index in [9.17, 15) is 19.3 Å². The SMILES string of the molecule is O=C(Nc1ccccc1F)N1CC[C@@H](Nc2ccc([N+](=O)[O-])cn2)C1. The van der Waals surface area contributed by atoms with Crippen LogP contribution in [0.2, 0.25) is 0 Å². The number of benzene rings is 1. The second-order valence-corrected chi connectivity index (χ2v) is 5.64. The molecular weight excluding hydrogens is 329 g/mol. The van der Waals surface area contributed by atoms with Crippen LogP contribution >= 0.6 is 0 Å². The summed E-state index contributed by atoms with van der Waals surface area (Å²) < 4.78 is 13.6. The number of hydrogen-bond donors (Lipinski definition) is 2. The molecule has 0 spiro atoms. The number of carbonyl (C=O) groups excluding carboxylic acids is 1. The van der Waals surface area contributed by atoms with E-state index in [1.807, 2.05) is 0 Å². The normalized spacial score (nSPS) is 16.5. The van der Waals surface area contributed by atoms with Crippen molar-refractivity contribution >= 4 is 23.2 Å². The quantitative estimate of drug-likeness (QED) is 0.655. The highest BCUT2D eigenvalue weighted by atomic mass is 19.1. The van der Waals surface area contributed by atoms with E-state index in [0.29, 0.717) is 25.3 Å². The number of amides is 2. The Morgan fingerprint density at radius 3 is 2.80 bits per heavy atom. The summed E-state index contributed by atoms with van der Waals surface area (Å²) in [7, 11) is 0. The Kier molecular flexibility index (Phi) is 4.73. The number of anilines is 2. The zero-order valence-corrected chi connectivity index (χ0v) is 13.2. The Labute approximate surface area is 142 Å². The predicted molar refractivity (Wildman–Crippen MR) is 89.9 cm³/mol. The zero-order chi connectivity index (χ0) is 17.8. The average Bonchev–Trinajstić information content (AvgIpc) is 3.06. The molecule has 2 heterocycles. The van der Waals surface area contributed by atoms with E-state index < -0.39 is 10.7 Å². The molecule has 2 N–H and O–H groups in total. The van der Waals surface area contributed by atoms with Crippen LogP contribution in [0.4, 0.5) is 26.4 Å². The van der Waals surface area contributed by atoms with Gasteiger partial charge in [-0.05, 0) is 24.6 Å². The lowest BCUT2D eigenvalue weighted by Crippen LogP contribution is -2.35. The maximum Gasteiger partial charge on any atom is 0.321 e. The van der Waals surface area contributed by atoms with Crippen molar-refractivity contribution in [3.63, 3.8) is 0 Å². The highest BCUT2D eigenvalue weighted by molar-refractivity contribution is 5.89. The van der Waals surface area contributed by atoms with Gasteiger partial charge in [0.1, 0.15) is 17.8 Å². The van der Waals surface area contributed by atoms with Crippen LogP contribution in [0, 0.1) is 15.9 Å². The molecule has 8 nitrogen and oxygen atoms in total. The largest absolute Gasteiger partial charge is 0.365 e. The molecular formula is C16H16FN5O3. The van der Waals surface area contributed by atoms with Crippen molar-refractivity contribution in [2.45, 2.75) is 12.5 Å². The van der Waals surface area contributed by atoms with Gasteiger partial charge in [0, 0.05) is 25.2 Å². The van der Waals surface area contributed by atoms with Gasteiger partial charge in [-0.3, -0.25) is 10.1 Å². The van der Waals surface area contributed by atoms with Crippen LogP contribution in [0.5, 0.6) is 0 Å². The second-order valence-electron chi connectivity index (χ2n) is 5.64.